The lowest BCUT2D eigenvalue weighted by molar-refractivity contribution is -0.118. The van der Waals surface area contributed by atoms with E-state index in [1.807, 2.05) is 25.7 Å². The Morgan fingerprint density at radius 1 is 1.53 bits per heavy atom. The molecule has 0 spiro atoms. The van der Waals surface area contributed by atoms with Crippen LogP contribution < -0.4 is 0 Å². The molecule has 19 heavy (non-hydrogen) atoms. The second-order valence-electron chi connectivity index (χ2n) is 5.50. The van der Waals surface area contributed by atoms with E-state index < -0.39 is 0 Å². The van der Waals surface area contributed by atoms with E-state index >= 15 is 0 Å². The van der Waals surface area contributed by atoms with Gasteiger partial charge >= 0.3 is 0 Å². The van der Waals surface area contributed by atoms with Gasteiger partial charge in [0.25, 0.3) is 5.91 Å². The smallest absolute Gasteiger partial charge is 0.255 e. The van der Waals surface area contributed by atoms with Crippen molar-refractivity contribution in [2.24, 2.45) is 0 Å². The van der Waals surface area contributed by atoms with E-state index in [1.54, 1.807) is 18.2 Å². The summed E-state index contributed by atoms with van der Waals surface area (Å²) < 4.78 is 6.54. The lowest BCUT2D eigenvalue weighted by Gasteiger charge is -2.41. The number of rotatable bonds is 1. The average molecular weight is 347 g/mol. The zero-order valence-electron chi connectivity index (χ0n) is 11.2. The maximum atomic E-state index is 12.6. The van der Waals surface area contributed by atoms with Gasteiger partial charge in [-0.25, -0.2) is 0 Å². The fraction of sp³-hybridized carbons (Fsp3) is 0.500. The molecule has 1 aromatic carbocycles. The Hall–Kier alpha value is -0.580. The van der Waals surface area contributed by atoms with Crippen LogP contribution in [-0.4, -0.2) is 35.6 Å². The third-order valence-corrected chi connectivity index (χ3v) is 3.91. The zero-order chi connectivity index (χ0) is 14.2. The molecule has 0 bridgehead atoms. The molecule has 0 saturated carbocycles. The Balaban J connectivity index is 2.24. The van der Waals surface area contributed by atoms with Gasteiger partial charge in [-0.2, -0.15) is 0 Å². The number of benzene rings is 1. The van der Waals surface area contributed by atoms with Crippen LogP contribution in [0.3, 0.4) is 0 Å². The van der Waals surface area contributed by atoms with Gasteiger partial charge in [-0.15, -0.1) is 0 Å². The predicted octanol–water partition coefficient (Wildman–Crippen LogP) is 3.74. The van der Waals surface area contributed by atoms with Crippen LogP contribution >= 0.6 is 27.5 Å². The summed E-state index contributed by atoms with van der Waals surface area (Å²) in [5.74, 6) is 0.00627. The first-order valence-electron chi connectivity index (χ1n) is 6.21. The molecule has 1 fully saturated rings. The highest BCUT2D eigenvalue weighted by Gasteiger charge is 2.34. The van der Waals surface area contributed by atoms with Crippen LogP contribution in [0, 0.1) is 0 Å². The summed E-state index contributed by atoms with van der Waals surface area (Å²) in [7, 11) is 0. The number of ether oxygens (including phenoxy) is 1. The molecule has 1 aliphatic heterocycles. The molecule has 1 aliphatic rings. The maximum absolute atomic E-state index is 12.6. The first-order valence-corrected chi connectivity index (χ1v) is 7.38. The second kappa shape index (κ2) is 5.43. The second-order valence-corrected chi connectivity index (χ2v) is 6.79. The van der Waals surface area contributed by atoms with Gasteiger partial charge in [0.05, 0.1) is 17.3 Å². The molecule has 1 saturated heterocycles. The molecule has 0 radical (unpaired) electrons. The van der Waals surface area contributed by atoms with E-state index in [0.29, 0.717) is 23.7 Å². The molecule has 1 atom stereocenters. The summed E-state index contributed by atoms with van der Waals surface area (Å²) in [6.45, 7) is 7.18. The molecule has 104 valence electrons. The van der Waals surface area contributed by atoms with E-state index in [2.05, 4.69) is 15.9 Å². The van der Waals surface area contributed by atoms with Crippen molar-refractivity contribution in [3.63, 3.8) is 0 Å². The quantitative estimate of drug-likeness (QED) is 0.775. The molecule has 0 aromatic heterocycles. The zero-order valence-corrected chi connectivity index (χ0v) is 13.6. The van der Waals surface area contributed by atoms with Crippen LogP contribution in [0.1, 0.15) is 31.1 Å². The number of nitrogens with zero attached hydrogens (tertiary/aromatic N) is 1. The lowest BCUT2D eigenvalue weighted by atomic mass is 10.0. The summed E-state index contributed by atoms with van der Waals surface area (Å²) in [6.07, 6.45) is 0.0405. The molecular formula is C14H17BrClNO2. The van der Waals surface area contributed by atoms with Gasteiger partial charge in [-0.3, -0.25) is 4.79 Å². The molecule has 5 heteroatoms. The number of amides is 1. The van der Waals surface area contributed by atoms with Crippen molar-refractivity contribution in [3.05, 3.63) is 33.3 Å². The summed E-state index contributed by atoms with van der Waals surface area (Å²) in [6, 6.07) is 5.22. The molecule has 0 aliphatic carbocycles. The van der Waals surface area contributed by atoms with Crippen LogP contribution in [0.4, 0.5) is 0 Å². The van der Waals surface area contributed by atoms with Gasteiger partial charge in [-0.1, -0.05) is 11.6 Å². The van der Waals surface area contributed by atoms with Crippen molar-refractivity contribution >= 4 is 33.4 Å². The predicted molar refractivity (Wildman–Crippen MR) is 79.7 cm³/mol. The van der Waals surface area contributed by atoms with Crippen LogP contribution in [0.2, 0.25) is 5.02 Å². The molecule has 1 unspecified atom stereocenters. The number of hydrogen-bond donors (Lipinski definition) is 0. The highest BCUT2D eigenvalue weighted by Crippen LogP contribution is 2.26. The van der Waals surface area contributed by atoms with Gasteiger partial charge in [0, 0.05) is 22.6 Å². The number of hydrogen-bond acceptors (Lipinski definition) is 2. The summed E-state index contributed by atoms with van der Waals surface area (Å²) in [4.78, 5) is 14.4. The Bertz CT molecular complexity index is 504. The van der Waals surface area contributed by atoms with E-state index in [4.69, 9.17) is 16.3 Å². The molecular weight excluding hydrogens is 330 g/mol. The minimum Gasteiger partial charge on any atom is -0.369 e. The van der Waals surface area contributed by atoms with E-state index in [9.17, 15) is 4.79 Å². The van der Waals surface area contributed by atoms with Gasteiger partial charge in [0.2, 0.25) is 0 Å². The van der Waals surface area contributed by atoms with Crippen molar-refractivity contribution < 1.29 is 9.53 Å². The number of carbonyl (C=O) groups excluding carboxylic acids is 1. The fourth-order valence-electron chi connectivity index (χ4n) is 2.44. The monoisotopic (exact) mass is 345 g/mol. The molecule has 2 rings (SSSR count). The Morgan fingerprint density at radius 3 is 2.79 bits per heavy atom. The fourth-order valence-corrected chi connectivity index (χ4v) is 3.29. The van der Waals surface area contributed by atoms with Crippen LogP contribution in [0.25, 0.3) is 0 Å². The number of halogens is 2. The molecule has 3 nitrogen and oxygen atoms in total. The van der Waals surface area contributed by atoms with Gasteiger partial charge in [-0.05, 0) is 54.9 Å². The molecule has 1 aromatic rings. The summed E-state index contributed by atoms with van der Waals surface area (Å²) in [5, 5.41) is 0.610. The van der Waals surface area contributed by atoms with Gasteiger partial charge in [0.15, 0.2) is 0 Å². The van der Waals surface area contributed by atoms with Crippen molar-refractivity contribution in [1.82, 2.24) is 4.90 Å². The van der Waals surface area contributed by atoms with Crippen molar-refractivity contribution in [3.8, 4) is 0 Å². The molecule has 1 amide bonds. The van der Waals surface area contributed by atoms with Gasteiger partial charge < -0.3 is 9.64 Å². The molecule has 1 heterocycles. The number of carbonyl (C=O) groups is 1. The Morgan fingerprint density at radius 2 is 2.21 bits per heavy atom. The van der Waals surface area contributed by atoms with E-state index in [1.165, 1.54) is 0 Å². The summed E-state index contributed by atoms with van der Waals surface area (Å²) in [5.41, 5.74) is 0.320. The van der Waals surface area contributed by atoms with Crippen molar-refractivity contribution in [2.45, 2.75) is 32.5 Å². The number of morpholine rings is 1. The first kappa shape index (κ1) is 14.8. The first-order chi connectivity index (χ1) is 8.78. The minimum atomic E-state index is -0.313. The molecule has 0 N–H and O–H groups in total. The van der Waals surface area contributed by atoms with E-state index in [-0.39, 0.29) is 17.6 Å². The largest absolute Gasteiger partial charge is 0.369 e. The van der Waals surface area contributed by atoms with E-state index in [0.717, 1.165) is 4.47 Å². The van der Waals surface area contributed by atoms with Crippen LogP contribution in [0.15, 0.2) is 22.7 Å². The standard InChI is InChI=1S/C14H17BrClNO2/c1-9-7-17(8-14(2,3)19-9)13(18)11-5-4-10(16)6-12(11)15/h4-6,9H,7-8H2,1-3H3. The normalized spacial score (nSPS) is 22.4. The third kappa shape index (κ3) is 3.50. The lowest BCUT2D eigenvalue weighted by Crippen LogP contribution is -2.53. The van der Waals surface area contributed by atoms with Gasteiger partial charge in [0.1, 0.15) is 0 Å². The Kier molecular flexibility index (Phi) is 4.23. The topological polar surface area (TPSA) is 29.5 Å². The average Bonchev–Trinajstić information content (AvgIpc) is 2.25. The van der Waals surface area contributed by atoms with Crippen LogP contribution in [0.5, 0.6) is 0 Å². The minimum absolute atomic E-state index is 0.00627. The van der Waals surface area contributed by atoms with Crippen molar-refractivity contribution in [2.75, 3.05) is 13.1 Å². The van der Waals surface area contributed by atoms with Crippen LogP contribution in [-0.2, 0) is 4.74 Å². The van der Waals surface area contributed by atoms with Crippen molar-refractivity contribution in [1.29, 1.82) is 0 Å². The SMILES string of the molecule is CC1CN(C(=O)c2ccc(Cl)cc2Br)CC(C)(C)O1. The Labute approximate surface area is 127 Å². The highest BCUT2D eigenvalue weighted by atomic mass is 79.9. The third-order valence-electron chi connectivity index (χ3n) is 3.02. The maximum Gasteiger partial charge on any atom is 0.255 e. The highest BCUT2D eigenvalue weighted by molar-refractivity contribution is 9.10. The summed E-state index contributed by atoms with van der Waals surface area (Å²) >= 11 is 9.30.